The first-order valence-electron chi connectivity index (χ1n) is 10.0. The number of carbonyl (C=O) groups excluding carboxylic acids is 4. The van der Waals surface area contributed by atoms with Crippen LogP contribution in [0.2, 0.25) is 5.02 Å². The number of nitrogens with one attached hydrogen (secondary N) is 1. The minimum atomic E-state index is -0.904. The van der Waals surface area contributed by atoms with Gasteiger partial charge in [0.2, 0.25) is 0 Å². The molecule has 4 rings (SSSR count). The normalized spacial score (nSPS) is 14.7. The summed E-state index contributed by atoms with van der Waals surface area (Å²) < 4.78 is 10.7. The van der Waals surface area contributed by atoms with E-state index in [0.29, 0.717) is 5.02 Å². The number of rotatable bonds is 5. The summed E-state index contributed by atoms with van der Waals surface area (Å²) in [6.45, 7) is 0. The number of nitrogens with zero attached hydrogens (tertiary/aromatic N) is 1. The fraction of sp³-hybridized carbons (Fsp3) is 0.0400. The average Bonchev–Trinajstić information content (AvgIpc) is 2.83. The fourth-order valence-corrected chi connectivity index (χ4v) is 3.41. The van der Waals surface area contributed by atoms with E-state index in [1.807, 2.05) is 0 Å². The summed E-state index contributed by atoms with van der Waals surface area (Å²) in [7, 11) is 1.40. The van der Waals surface area contributed by atoms with Gasteiger partial charge in [0.05, 0.1) is 18.4 Å². The van der Waals surface area contributed by atoms with Crippen LogP contribution in [0.25, 0.3) is 6.08 Å². The molecule has 1 heterocycles. The highest BCUT2D eigenvalue weighted by atomic mass is 35.5. The lowest BCUT2D eigenvalue weighted by Crippen LogP contribution is -2.54. The number of hydrogen-bond acceptors (Lipinski definition) is 6. The van der Waals surface area contributed by atoms with Gasteiger partial charge in [-0.05, 0) is 48.5 Å². The van der Waals surface area contributed by atoms with Gasteiger partial charge in [-0.1, -0.05) is 41.9 Å². The number of imide groups is 2. The van der Waals surface area contributed by atoms with Gasteiger partial charge >= 0.3 is 12.0 Å². The smallest absolute Gasteiger partial charge is 0.343 e. The van der Waals surface area contributed by atoms with Crippen molar-refractivity contribution in [3.63, 3.8) is 0 Å². The van der Waals surface area contributed by atoms with Gasteiger partial charge in [0.15, 0.2) is 0 Å². The first-order chi connectivity index (χ1) is 16.4. The first kappa shape index (κ1) is 22.8. The predicted octanol–water partition coefficient (Wildman–Crippen LogP) is 4.23. The van der Waals surface area contributed by atoms with E-state index in [0.717, 1.165) is 4.90 Å². The van der Waals surface area contributed by atoms with Gasteiger partial charge in [0.25, 0.3) is 11.8 Å². The molecule has 0 aliphatic carbocycles. The molecule has 1 N–H and O–H groups in total. The second kappa shape index (κ2) is 9.60. The minimum absolute atomic E-state index is 0.122. The number of methoxy groups -OCH3 is 1. The van der Waals surface area contributed by atoms with Crippen molar-refractivity contribution in [2.24, 2.45) is 0 Å². The second-order valence-electron chi connectivity index (χ2n) is 7.06. The van der Waals surface area contributed by atoms with E-state index in [-0.39, 0.29) is 33.9 Å². The zero-order chi connectivity index (χ0) is 24.2. The Hall–Kier alpha value is -4.43. The largest absolute Gasteiger partial charge is 0.495 e. The lowest BCUT2D eigenvalue weighted by molar-refractivity contribution is -0.122. The summed E-state index contributed by atoms with van der Waals surface area (Å²) in [5, 5.41) is 2.62. The molecule has 0 spiro atoms. The topological polar surface area (TPSA) is 102 Å². The van der Waals surface area contributed by atoms with Crippen LogP contribution in [0.3, 0.4) is 0 Å². The molecule has 1 aliphatic heterocycles. The van der Waals surface area contributed by atoms with Crippen molar-refractivity contribution in [1.29, 1.82) is 0 Å². The lowest BCUT2D eigenvalue weighted by atomic mass is 10.1. The molecule has 0 radical (unpaired) electrons. The molecule has 0 aromatic heterocycles. The molecule has 1 aliphatic rings. The highest BCUT2D eigenvalue weighted by Gasteiger charge is 2.38. The number of halogens is 1. The van der Waals surface area contributed by atoms with Crippen LogP contribution in [-0.4, -0.2) is 30.9 Å². The standard InChI is InChI=1S/C25H17ClN2O6/c1-33-21-9-5-3-7-19(21)28-23(30)18(22(29)27-25(28)32)14-16-6-2-4-8-20(16)34-24(31)15-10-12-17(26)13-11-15/h2-14H,1H3,(H,27,29,32). The molecule has 0 saturated carbocycles. The van der Waals surface area contributed by atoms with E-state index in [9.17, 15) is 19.2 Å². The zero-order valence-corrected chi connectivity index (χ0v) is 18.5. The van der Waals surface area contributed by atoms with Crippen molar-refractivity contribution in [1.82, 2.24) is 5.32 Å². The molecular weight excluding hydrogens is 460 g/mol. The van der Waals surface area contributed by atoms with E-state index < -0.39 is 23.8 Å². The highest BCUT2D eigenvalue weighted by Crippen LogP contribution is 2.31. The van der Waals surface area contributed by atoms with E-state index >= 15 is 0 Å². The van der Waals surface area contributed by atoms with Crippen LogP contribution in [0.1, 0.15) is 15.9 Å². The maximum atomic E-state index is 13.2. The van der Waals surface area contributed by atoms with Crippen molar-refractivity contribution < 1.29 is 28.7 Å². The van der Waals surface area contributed by atoms with Gasteiger partial charge in [-0.15, -0.1) is 0 Å². The van der Waals surface area contributed by atoms with E-state index in [4.69, 9.17) is 21.1 Å². The van der Waals surface area contributed by atoms with Gasteiger partial charge in [-0.25, -0.2) is 14.5 Å². The minimum Gasteiger partial charge on any atom is -0.495 e. The summed E-state index contributed by atoms with van der Waals surface area (Å²) >= 11 is 5.86. The first-order valence-corrected chi connectivity index (χ1v) is 10.4. The third-order valence-corrected chi connectivity index (χ3v) is 5.18. The molecule has 3 aromatic rings. The Morgan fingerprint density at radius 3 is 2.26 bits per heavy atom. The number of para-hydroxylation sites is 3. The predicted molar refractivity (Wildman–Crippen MR) is 125 cm³/mol. The highest BCUT2D eigenvalue weighted by molar-refractivity contribution is 6.39. The number of hydrogen-bond donors (Lipinski definition) is 1. The van der Waals surface area contributed by atoms with Gasteiger partial charge in [-0.3, -0.25) is 14.9 Å². The number of barbiturate groups is 1. The summed E-state index contributed by atoms with van der Waals surface area (Å²) in [5.74, 6) is -1.97. The molecule has 8 nitrogen and oxygen atoms in total. The number of carbonyl (C=O) groups is 4. The van der Waals surface area contributed by atoms with Crippen molar-refractivity contribution in [3.05, 3.63) is 94.5 Å². The van der Waals surface area contributed by atoms with Crippen LogP contribution in [0.15, 0.2) is 78.4 Å². The molecular formula is C25H17ClN2O6. The molecule has 1 saturated heterocycles. The number of anilines is 1. The van der Waals surface area contributed by atoms with Crippen molar-refractivity contribution in [2.75, 3.05) is 12.0 Å². The molecule has 170 valence electrons. The van der Waals surface area contributed by atoms with E-state index in [1.165, 1.54) is 37.5 Å². The molecule has 3 aromatic carbocycles. The summed E-state index contributed by atoms with van der Waals surface area (Å²) in [6, 6.07) is 18.0. The molecule has 1 fully saturated rings. The third kappa shape index (κ3) is 4.53. The molecule has 4 amide bonds. The SMILES string of the molecule is COc1ccccc1N1C(=O)NC(=O)C(=Cc2ccccc2OC(=O)c2ccc(Cl)cc2)C1=O. The quantitative estimate of drug-likeness (QED) is 0.256. The van der Waals surface area contributed by atoms with E-state index in [2.05, 4.69) is 5.32 Å². The van der Waals surface area contributed by atoms with Crippen molar-refractivity contribution in [2.45, 2.75) is 0 Å². The lowest BCUT2D eigenvalue weighted by Gasteiger charge is -2.27. The Kier molecular flexibility index (Phi) is 6.42. The Morgan fingerprint density at radius 1 is 0.912 bits per heavy atom. The van der Waals surface area contributed by atoms with Crippen LogP contribution in [0, 0.1) is 0 Å². The fourth-order valence-electron chi connectivity index (χ4n) is 3.28. The maximum absolute atomic E-state index is 13.2. The Labute approximate surface area is 199 Å². The Morgan fingerprint density at radius 2 is 1.56 bits per heavy atom. The van der Waals surface area contributed by atoms with Crippen LogP contribution in [-0.2, 0) is 9.59 Å². The number of urea groups is 1. The number of benzene rings is 3. The third-order valence-electron chi connectivity index (χ3n) is 4.93. The number of esters is 1. The van der Waals surface area contributed by atoms with E-state index in [1.54, 1.807) is 48.5 Å². The van der Waals surface area contributed by atoms with Crippen molar-refractivity contribution >= 4 is 47.2 Å². The van der Waals surface area contributed by atoms with Crippen LogP contribution < -0.4 is 19.7 Å². The van der Waals surface area contributed by atoms with Crippen molar-refractivity contribution in [3.8, 4) is 11.5 Å². The van der Waals surface area contributed by atoms with Gasteiger partial charge in [0, 0.05) is 10.6 Å². The molecule has 9 heteroatoms. The molecule has 0 atom stereocenters. The number of amides is 4. The second-order valence-corrected chi connectivity index (χ2v) is 7.50. The molecule has 0 bridgehead atoms. The van der Waals surface area contributed by atoms with Gasteiger partial charge < -0.3 is 9.47 Å². The summed E-state index contributed by atoms with van der Waals surface area (Å²) in [6.07, 6.45) is 1.26. The average molecular weight is 477 g/mol. The summed E-state index contributed by atoms with van der Waals surface area (Å²) in [4.78, 5) is 51.6. The Bertz CT molecular complexity index is 1330. The molecule has 34 heavy (non-hydrogen) atoms. The zero-order valence-electron chi connectivity index (χ0n) is 17.8. The molecule has 0 unspecified atom stereocenters. The maximum Gasteiger partial charge on any atom is 0.343 e. The van der Waals surface area contributed by atoms with Crippen LogP contribution in [0.4, 0.5) is 10.5 Å². The van der Waals surface area contributed by atoms with Crippen LogP contribution in [0.5, 0.6) is 11.5 Å². The monoisotopic (exact) mass is 476 g/mol. The number of ether oxygens (including phenoxy) is 2. The summed E-state index contributed by atoms with van der Waals surface area (Å²) in [5.41, 5.74) is 0.415. The van der Waals surface area contributed by atoms with Gasteiger partial charge in [0.1, 0.15) is 17.1 Å². The van der Waals surface area contributed by atoms with Crippen LogP contribution >= 0.6 is 11.6 Å². The van der Waals surface area contributed by atoms with Gasteiger partial charge in [-0.2, -0.15) is 0 Å². The Balaban J connectivity index is 1.69.